The van der Waals surface area contributed by atoms with Crippen molar-refractivity contribution < 1.29 is 14.7 Å². The Kier molecular flexibility index (Phi) is 6.82. The zero-order chi connectivity index (χ0) is 25.9. The minimum Gasteiger partial charge on any atom is -0.389 e. The number of hydrogen-bond acceptors (Lipinski definition) is 7. The third kappa shape index (κ3) is 5.44. The minimum absolute atomic E-state index is 0.119. The lowest BCUT2D eigenvalue weighted by molar-refractivity contribution is -0.126. The van der Waals surface area contributed by atoms with Gasteiger partial charge in [0.2, 0.25) is 0 Å². The highest BCUT2D eigenvalue weighted by atomic mass is 16.3. The van der Waals surface area contributed by atoms with Crippen molar-refractivity contribution in [3.63, 3.8) is 0 Å². The fourth-order valence-corrected chi connectivity index (χ4v) is 4.66. The van der Waals surface area contributed by atoms with Crippen LogP contribution in [0.2, 0.25) is 0 Å². The van der Waals surface area contributed by atoms with Gasteiger partial charge in [0.05, 0.1) is 31.4 Å². The number of allylic oxidation sites excluding steroid dienone is 2. The first kappa shape index (κ1) is 24.4. The first-order chi connectivity index (χ1) is 17.9. The molecule has 10 heteroatoms. The number of aliphatic hydroxyl groups excluding tert-OH is 1. The number of nitrogens with one attached hydrogen (secondary N) is 1. The molecule has 37 heavy (non-hydrogen) atoms. The third-order valence-electron chi connectivity index (χ3n) is 6.59. The molecule has 2 atom stereocenters. The summed E-state index contributed by atoms with van der Waals surface area (Å²) in [6.07, 6.45) is 8.40. The maximum Gasteiger partial charge on any atom is 0.273 e. The summed E-state index contributed by atoms with van der Waals surface area (Å²) in [5, 5.41) is 21.1. The summed E-state index contributed by atoms with van der Waals surface area (Å²) in [6, 6.07) is 11.4. The van der Waals surface area contributed by atoms with E-state index in [2.05, 4.69) is 20.6 Å². The van der Waals surface area contributed by atoms with Crippen LogP contribution in [0.5, 0.6) is 0 Å². The van der Waals surface area contributed by atoms with E-state index in [-0.39, 0.29) is 23.6 Å². The Hall–Kier alpha value is -4.31. The first-order valence-corrected chi connectivity index (χ1v) is 12.3. The molecule has 3 aromatic rings. The molecule has 190 valence electrons. The highest BCUT2D eigenvalue weighted by Gasteiger charge is 2.26. The minimum atomic E-state index is -0.808. The van der Waals surface area contributed by atoms with Gasteiger partial charge < -0.3 is 21.1 Å². The Morgan fingerprint density at radius 3 is 2.70 bits per heavy atom. The third-order valence-corrected chi connectivity index (χ3v) is 6.59. The van der Waals surface area contributed by atoms with Gasteiger partial charge in [-0.15, -0.1) is 5.10 Å². The van der Waals surface area contributed by atoms with E-state index in [0.29, 0.717) is 30.9 Å². The zero-order valence-electron chi connectivity index (χ0n) is 20.5. The lowest BCUT2D eigenvalue weighted by Gasteiger charge is -2.20. The molecule has 1 aliphatic carbocycles. The lowest BCUT2D eigenvalue weighted by atomic mass is 10.1. The smallest absolute Gasteiger partial charge is 0.273 e. The Morgan fingerprint density at radius 1 is 1.19 bits per heavy atom. The van der Waals surface area contributed by atoms with E-state index in [4.69, 9.17) is 5.73 Å². The van der Waals surface area contributed by atoms with Crippen LogP contribution in [0.25, 0.3) is 0 Å². The molecule has 4 N–H and O–H groups in total. The summed E-state index contributed by atoms with van der Waals surface area (Å²) in [5.41, 5.74) is 10.3. The van der Waals surface area contributed by atoms with Crippen molar-refractivity contribution in [2.75, 3.05) is 5.73 Å². The molecule has 2 aliphatic rings. The van der Waals surface area contributed by atoms with Gasteiger partial charge in [-0.3, -0.25) is 9.59 Å². The van der Waals surface area contributed by atoms with Gasteiger partial charge in [0.1, 0.15) is 5.82 Å². The predicted octanol–water partition coefficient (Wildman–Crippen LogP) is 2.27. The number of aromatic nitrogens is 4. The molecular weight excluding hydrogens is 470 g/mol. The van der Waals surface area contributed by atoms with Gasteiger partial charge in [-0.1, -0.05) is 47.7 Å². The van der Waals surface area contributed by atoms with Gasteiger partial charge in [-0.05, 0) is 48.9 Å². The molecule has 5 rings (SSSR count). The second-order valence-electron chi connectivity index (χ2n) is 9.34. The number of anilines is 1. The van der Waals surface area contributed by atoms with Crippen molar-refractivity contribution >= 4 is 17.6 Å². The number of nitrogen functional groups attached to an aromatic ring is 1. The van der Waals surface area contributed by atoms with Gasteiger partial charge in [0.25, 0.3) is 11.8 Å². The van der Waals surface area contributed by atoms with Crippen molar-refractivity contribution in [2.45, 2.75) is 51.4 Å². The summed E-state index contributed by atoms with van der Waals surface area (Å²) in [7, 11) is 0. The number of pyridine rings is 1. The van der Waals surface area contributed by atoms with E-state index >= 15 is 0 Å². The number of aliphatic hydroxyl groups is 1. The van der Waals surface area contributed by atoms with Crippen molar-refractivity contribution in [3.8, 4) is 0 Å². The van der Waals surface area contributed by atoms with Crippen LogP contribution < -0.4 is 11.1 Å². The molecule has 1 aromatic carbocycles. The molecular formula is C27H29N7O3. The number of carbonyl (C=O) groups is 2. The molecule has 0 radical (unpaired) electrons. The van der Waals surface area contributed by atoms with Crippen LogP contribution in [0.3, 0.4) is 0 Å². The number of amides is 2. The number of hydrogen-bond donors (Lipinski definition) is 3. The van der Waals surface area contributed by atoms with Gasteiger partial charge in [0.15, 0.2) is 5.69 Å². The Labute approximate surface area is 214 Å². The van der Waals surface area contributed by atoms with Crippen LogP contribution in [0.15, 0.2) is 66.5 Å². The summed E-state index contributed by atoms with van der Waals surface area (Å²) in [6.45, 7) is 2.45. The fraction of sp³-hybridized carbons (Fsp3) is 0.296. The number of rotatable bonds is 7. The highest BCUT2D eigenvalue weighted by molar-refractivity contribution is 5.95. The zero-order valence-corrected chi connectivity index (χ0v) is 20.5. The molecule has 0 saturated heterocycles. The van der Waals surface area contributed by atoms with E-state index < -0.39 is 6.10 Å². The van der Waals surface area contributed by atoms with Crippen LogP contribution in [0, 0.1) is 0 Å². The summed E-state index contributed by atoms with van der Waals surface area (Å²) in [5.74, 6) is 0.0105. The second kappa shape index (κ2) is 10.4. The van der Waals surface area contributed by atoms with Crippen molar-refractivity contribution in [2.24, 2.45) is 0 Å². The van der Waals surface area contributed by atoms with Crippen LogP contribution >= 0.6 is 0 Å². The number of fused-ring (bicyclic) bond motifs is 1. The highest BCUT2D eigenvalue weighted by Crippen LogP contribution is 2.30. The second-order valence-corrected chi connectivity index (χ2v) is 9.34. The summed E-state index contributed by atoms with van der Waals surface area (Å²) >= 11 is 0. The summed E-state index contributed by atoms with van der Waals surface area (Å²) < 4.78 is 1.62. The number of carbonyl (C=O) groups excluding carboxylic acids is 2. The normalized spacial score (nSPS) is 17.8. The van der Waals surface area contributed by atoms with E-state index in [1.165, 1.54) is 0 Å². The van der Waals surface area contributed by atoms with E-state index in [0.717, 1.165) is 35.2 Å². The largest absolute Gasteiger partial charge is 0.389 e. The van der Waals surface area contributed by atoms with Crippen LogP contribution in [-0.4, -0.2) is 47.9 Å². The van der Waals surface area contributed by atoms with Crippen molar-refractivity contribution in [1.82, 2.24) is 30.2 Å². The molecule has 0 bridgehead atoms. The van der Waals surface area contributed by atoms with Crippen molar-refractivity contribution in [3.05, 3.63) is 94.6 Å². The van der Waals surface area contributed by atoms with E-state index in [1.807, 2.05) is 36.4 Å². The van der Waals surface area contributed by atoms with Gasteiger partial charge >= 0.3 is 0 Å². The van der Waals surface area contributed by atoms with E-state index in [1.54, 1.807) is 41.0 Å². The Balaban J connectivity index is 1.19. The average Bonchev–Trinajstić information content (AvgIpc) is 3.45. The predicted molar refractivity (Wildman–Crippen MR) is 137 cm³/mol. The molecule has 0 fully saturated rings. The lowest BCUT2D eigenvalue weighted by Crippen LogP contribution is -2.29. The Bertz CT molecular complexity index is 1370. The monoisotopic (exact) mass is 499 g/mol. The molecule has 2 amide bonds. The van der Waals surface area contributed by atoms with Gasteiger partial charge in [-0.2, -0.15) is 0 Å². The van der Waals surface area contributed by atoms with Gasteiger partial charge in [-0.25, -0.2) is 9.67 Å². The number of nitrogens with zero attached hydrogens (tertiary/aromatic N) is 5. The number of benzene rings is 1. The standard InChI is InChI=1S/C27H29N7O3/c1-17(35)20-4-2-3-13-33(27(20)37)14-18-5-7-19(8-6-18)15-34-16-24(31-32-34)26(36)30-23-11-10-22-21(23)9-12-25(28)29-22/h3-9,12-13,16-17,23,35H,2,10-11,14-15H2,1H3,(H2,28,29)(H,30,36). The van der Waals surface area contributed by atoms with Crippen LogP contribution in [0.4, 0.5) is 5.82 Å². The topological polar surface area (TPSA) is 139 Å². The summed E-state index contributed by atoms with van der Waals surface area (Å²) in [4.78, 5) is 31.4. The molecule has 0 saturated carbocycles. The molecule has 0 spiro atoms. The molecule has 3 heterocycles. The molecule has 10 nitrogen and oxygen atoms in total. The SMILES string of the molecule is CC(O)C1=CCC=CN(Cc2ccc(Cn3cc(C(=O)NC4CCc5nc(N)ccc54)nn3)cc2)C1=O. The Morgan fingerprint density at radius 2 is 1.95 bits per heavy atom. The fourth-order valence-electron chi connectivity index (χ4n) is 4.66. The first-order valence-electron chi connectivity index (χ1n) is 12.3. The van der Waals surface area contributed by atoms with Crippen molar-refractivity contribution in [1.29, 1.82) is 0 Å². The number of nitrogens with two attached hydrogens (primary N) is 1. The van der Waals surface area contributed by atoms with E-state index in [9.17, 15) is 14.7 Å². The quantitative estimate of drug-likeness (QED) is 0.453. The number of aryl methyl sites for hydroxylation is 1. The molecule has 2 unspecified atom stereocenters. The molecule has 1 aliphatic heterocycles. The molecule has 2 aromatic heterocycles. The maximum atomic E-state index is 12.8. The average molecular weight is 500 g/mol. The van der Waals surface area contributed by atoms with Crippen LogP contribution in [0.1, 0.15) is 58.7 Å². The van der Waals surface area contributed by atoms with Gasteiger partial charge in [0, 0.05) is 17.5 Å². The maximum absolute atomic E-state index is 12.8. The van der Waals surface area contributed by atoms with Crippen LogP contribution in [-0.2, 0) is 24.3 Å².